The van der Waals surface area contributed by atoms with Gasteiger partial charge < -0.3 is 10.2 Å². The molecule has 4 nitrogen and oxygen atoms in total. The van der Waals surface area contributed by atoms with E-state index in [1.165, 1.54) is 0 Å². The SMILES string of the molecule is CC(O)N(C)C.CNC(C)O. The van der Waals surface area contributed by atoms with Crippen molar-refractivity contribution in [1.82, 2.24) is 10.2 Å². The number of rotatable bonds is 2. The molecule has 0 saturated heterocycles. The predicted octanol–water partition coefficient (Wildman–Crippen LogP) is -0.570. The summed E-state index contributed by atoms with van der Waals surface area (Å²) in [6.07, 6.45) is -0.681. The Hall–Kier alpha value is -0.160. The van der Waals surface area contributed by atoms with Gasteiger partial charge in [0.05, 0.1) is 0 Å². The van der Waals surface area contributed by atoms with Crippen molar-refractivity contribution in [3.8, 4) is 0 Å². The van der Waals surface area contributed by atoms with E-state index < -0.39 is 0 Å². The van der Waals surface area contributed by atoms with Crippen LogP contribution in [-0.2, 0) is 0 Å². The molecule has 4 heteroatoms. The van der Waals surface area contributed by atoms with E-state index >= 15 is 0 Å². The highest BCUT2D eigenvalue weighted by molar-refractivity contribution is 4.35. The fourth-order valence-electron chi connectivity index (χ4n) is 0. The van der Waals surface area contributed by atoms with Gasteiger partial charge in [-0.3, -0.25) is 10.2 Å². The predicted molar refractivity (Wildman–Crippen MR) is 46.1 cm³/mol. The maximum atomic E-state index is 8.56. The first-order chi connectivity index (χ1) is 4.91. The average molecular weight is 164 g/mol. The molecule has 70 valence electrons. The molecule has 0 saturated carbocycles. The van der Waals surface area contributed by atoms with E-state index in [0.29, 0.717) is 0 Å². The number of nitrogens with one attached hydrogen (secondary N) is 1. The molecule has 2 unspecified atom stereocenters. The van der Waals surface area contributed by atoms with Crippen molar-refractivity contribution in [2.45, 2.75) is 26.3 Å². The largest absolute Gasteiger partial charge is 0.379 e. The van der Waals surface area contributed by atoms with Gasteiger partial charge in [-0.25, -0.2) is 0 Å². The average Bonchev–Trinajstić information content (AvgIpc) is 1.89. The molecule has 0 heterocycles. The molecule has 0 aliphatic rings. The molecule has 0 spiro atoms. The van der Waals surface area contributed by atoms with Crippen LogP contribution in [-0.4, -0.2) is 48.7 Å². The van der Waals surface area contributed by atoms with E-state index in [9.17, 15) is 0 Å². The first-order valence-electron chi connectivity index (χ1n) is 3.61. The Morgan fingerprint density at radius 1 is 1.18 bits per heavy atom. The summed E-state index contributed by atoms with van der Waals surface area (Å²) in [4.78, 5) is 1.72. The third kappa shape index (κ3) is 17.7. The van der Waals surface area contributed by atoms with E-state index in [1.54, 1.807) is 25.8 Å². The van der Waals surface area contributed by atoms with Crippen LogP contribution in [0, 0.1) is 0 Å². The van der Waals surface area contributed by atoms with E-state index in [-0.39, 0.29) is 12.5 Å². The van der Waals surface area contributed by atoms with Gasteiger partial charge in [0, 0.05) is 0 Å². The molecule has 0 amide bonds. The highest BCUT2D eigenvalue weighted by Crippen LogP contribution is 1.79. The van der Waals surface area contributed by atoms with Gasteiger partial charge in [0.15, 0.2) is 0 Å². The molecule has 0 bridgehead atoms. The fraction of sp³-hybridized carbons (Fsp3) is 1.00. The van der Waals surface area contributed by atoms with Gasteiger partial charge in [-0.15, -0.1) is 0 Å². The lowest BCUT2D eigenvalue weighted by Gasteiger charge is -2.11. The molecular weight excluding hydrogens is 144 g/mol. The smallest absolute Gasteiger partial charge is 0.104 e. The van der Waals surface area contributed by atoms with Crippen molar-refractivity contribution >= 4 is 0 Å². The lowest BCUT2D eigenvalue weighted by molar-refractivity contribution is 0.0578. The quantitative estimate of drug-likeness (QED) is 0.478. The second-order valence-electron chi connectivity index (χ2n) is 2.56. The minimum atomic E-state index is -0.366. The zero-order valence-corrected chi connectivity index (χ0v) is 8.00. The lowest BCUT2D eigenvalue weighted by Crippen LogP contribution is -2.23. The summed E-state index contributed by atoms with van der Waals surface area (Å²) >= 11 is 0. The standard InChI is InChI=1S/C4H11NO.C3H9NO/c1-4(6)5(2)3;1-3(5)4-2/h4,6H,1-3H3;3-5H,1-2H3. The summed E-state index contributed by atoms with van der Waals surface area (Å²) < 4.78 is 0. The number of aliphatic hydroxyl groups excluding tert-OH is 2. The fourth-order valence-corrected chi connectivity index (χ4v) is 0. The van der Waals surface area contributed by atoms with Crippen LogP contribution in [0.4, 0.5) is 0 Å². The van der Waals surface area contributed by atoms with E-state index in [2.05, 4.69) is 5.32 Å². The third-order valence-corrected chi connectivity index (χ3v) is 1.17. The zero-order valence-electron chi connectivity index (χ0n) is 8.00. The van der Waals surface area contributed by atoms with Crippen molar-refractivity contribution in [3.05, 3.63) is 0 Å². The van der Waals surface area contributed by atoms with Crippen LogP contribution >= 0.6 is 0 Å². The number of hydrogen-bond acceptors (Lipinski definition) is 4. The van der Waals surface area contributed by atoms with Gasteiger partial charge in [0.25, 0.3) is 0 Å². The van der Waals surface area contributed by atoms with Gasteiger partial charge in [0.2, 0.25) is 0 Å². The lowest BCUT2D eigenvalue weighted by atomic mass is 10.6. The number of nitrogens with zero attached hydrogens (tertiary/aromatic N) is 1. The third-order valence-electron chi connectivity index (χ3n) is 1.17. The maximum Gasteiger partial charge on any atom is 0.104 e. The highest BCUT2D eigenvalue weighted by Gasteiger charge is 1.92. The van der Waals surface area contributed by atoms with Gasteiger partial charge in [-0.1, -0.05) is 0 Å². The topological polar surface area (TPSA) is 55.7 Å². The molecule has 0 rings (SSSR count). The minimum absolute atomic E-state index is 0.315. The molecule has 0 aliphatic heterocycles. The van der Waals surface area contributed by atoms with Crippen LogP contribution in [0.2, 0.25) is 0 Å². The van der Waals surface area contributed by atoms with E-state index in [0.717, 1.165) is 0 Å². The van der Waals surface area contributed by atoms with Crippen LogP contribution < -0.4 is 5.32 Å². The Balaban J connectivity index is 0. The molecule has 0 aliphatic carbocycles. The van der Waals surface area contributed by atoms with Gasteiger partial charge in [-0.2, -0.15) is 0 Å². The molecule has 2 atom stereocenters. The molecule has 0 fully saturated rings. The first-order valence-corrected chi connectivity index (χ1v) is 3.61. The summed E-state index contributed by atoms with van der Waals surface area (Å²) in [7, 11) is 5.35. The van der Waals surface area contributed by atoms with Crippen molar-refractivity contribution in [3.63, 3.8) is 0 Å². The Labute approximate surface area is 68.8 Å². The van der Waals surface area contributed by atoms with Crippen LogP contribution in [0.15, 0.2) is 0 Å². The van der Waals surface area contributed by atoms with Gasteiger partial charge in [-0.05, 0) is 35.0 Å². The first kappa shape index (κ1) is 13.4. The minimum Gasteiger partial charge on any atom is -0.379 e. The summed E-state index contributed by atoms with van der Waals surface area (Å²) in [5.74, 6) is 0. The van der Waals surface area contributed by atoms with Crippen LogP contribution in [0.1, 0.15) is 13.8 Å². The summed E-state index contributed by atoms with van der Waals surface area (Å²) in [6, 6.07) is 0. The molecule has 0 aromatic heterocycles. The molecule has 0 aromatic carbocycles. The zero-order chi connectivity index (χ0) is 9.44. The van der Waals surface area contributed by atoms with Gasteiger partial charge in [0.1, 0.15) is 12.5 Å². The normalized spacial score (nSPS) is 15.3. The van der Waals surface area contributed by atoms with E-state index in [4.69, 9.17) is 10.2 Å². The molecule has 0 radical (unpaired) electrons. The van der Waals surface area contributed by atoms with E-state index in [1.807, 2.05) is 14.1 Å². The summed E-state index contributed by atoms with van der Waals surface area (Å²) in [5, 5.41) is 19.4. The van der Waals surface area contributed by atoms with Crippen LogP contribution in [0.5, 0.6) is 0 Å². The molecule has 11 heavy (non-hydrogen) atoms. The van der Waals surface area contributed by atoms with Crippen LogP contribution in [0.25, 0.3) is 0 Å². The second kappa shape index (κ2) is 7.94. The number of hydrogen-bond donors (Lipinski definition) is 3. The second-order valence-corrected chi connectivity index (χ2v) is 2.56. The Morgan fingerprint density at radius 2 is 1.36 bits per heavy atom. The van der Waals surface area contributed by atoms with Crippen molar-refractivity contribution in [2.24, 2.45) is 0 Å². The monoisotopic (exact) mass is 164 g/mol. The maximum absolute atomic E-state index is 8.56. The summed E-state index contributed by atoms with van der Waals surface area (Å²) in [5.41, 5.74) is 0. The Bertz CT molecular complexity index is 68.8. The highest BCUT2D eigenvalue weighted by atomic mass is 16.3. The Kier molecular flexibility index (Phi) is 9.70. The molecule has 0 aromatic rings. The Morgan fingerprint density at radius 3 is 1.36 bits per heavy atom. The van der Waals surface area contributed by atoms with Crippen molar-refractivity contribution in [1.29, 1.82) is 0 Å². The van der Waals surface area contributed by atoms with Crippen molar-refractivity contribution < 1.29 is 10.2 Å². The molecular formula is C7H20N2O2. The van der Waals surface area contributed by atoms with Gasteiger partial charge >= 0.3 is 0 Å². The summed E-state index contributed by atoms with van der Waals surface area (Å²) in [6.45, 7) is 3.39. The van der Waals surface area contributed by atoms with Crippen molar-refractivity contribution in [2.75, 3.05) is 21.1 Å². The molecule has 3 N–H and O–H groups in total. The number of aliphatic hydroxyl groups is 2. The van der Waals surface area contributed by atoms with Crippen LogP contribution in [0.3, 0.4) is 0 Å².